The highest BCUT2D eigenvalue weighted by Crippen LogP contribution is 2.70. The van der Waals surface area contributed by atoms with Gasteiger partial charge in [-0.05, 0) is 61.7 Å². The summed E-state index contributed by atoms with van der Waals surface area (Å²) in [6, 6.07) is 0. The van der Waals surface area contributed by atoms with Crippen LogP contribution in [0.15, 0.2) is 0 Å². The zero-order valence-electron chi connectivity index (χ0n) is 18.6. The van der Waals surface area contributed by atoms with Gasteiger partial charge in [-0.15, -0.1) is 0 Å². The molecule has 3 unspecified atom stereocenters. The van der Waals surface area contributed by atoms with E-state index in [0.29, 0.717) is 30.6 Å². The lowest BCUT2D eigenvalue weighted by molar-refractivity contribution is -0.266. The van der Waals surface area contributed by atoms with Gasteiger partial charge in [0.25, 0.3) is 0 Å². The molecule has 6 nitrogen and oxygen atoms in total. The van der Waals surface area contributed by atoms with Gasteiger partial charge in [0.2, 0.25) is 0 Å². The Balaban J connectivity index is 1.45. The average Bonchev–Trinajstić information content (AvgIpc) is 3.11. The molecule has 0 spiro atoms. The Morgan fingerprint density at radius 2 is 1.90 bits per heavy atom. The van der Waals surface area contributed by atoms with Crippen molar-refractivity contribution in [3.63, 3.8) is 0 Å². The molecule has 5 aliphatic rings. The van der Waals surface area contributed by atoms with Crippen molar-refractivity contribution in [2.75, 3.05) is 0 Å². The van der Waals surface area contributed by atoms with Gasteiger partial charge in [-0.1, -0.05) is 20.8 Å². The first-order valence-corrected chi connectivity index (χ1v) is 11.8. The first kappa shape index (κ1) is 20.7. The molecule has 0 aromatic heterocycles. The van der Waals surface area contributed by atoms with Crippen LogP contribution >= 0.6 is 0 Å². The Morgan fingerprint density at radius 1 is 1.17 bits per heavy atom. The number of rotatable bonds is 1. The molecule has 4 aliphatic carbocycles. The largest absolute Gasteiger partial charge is 0.462 e. The lowest BCUT2D eigenvalue weighted by Crippen LogP contribution is -2.68. The van der Waals surface area contributed by atoms with E-state index in [0.717, 1.165) is 32.1 Å². The van der Waals surface area contributed by atoms with E-state index in [1.165, 1.54) is 6.92 Å². The van der Waals surface area contributed by atoms with Crippen molar-refractivity contribution in [1.29, 1.82) is 0 Å². The first-order valence-electron chi connectivity index (χ1n) is 11.8. The van der Waals surface area contributed by atoms with Crippen LogP contribution in [-0.2, 0) is 19.1 Å². The quantitative estimate of drug-likeness (QED) is 0.634. The highest BCUT2D eigenvalue weighted by Gasteiger charge is 2.70. The van der Waals surface area contributed by atoms with Crippen molar-refractivity contribution in [1.82, 2.24) is 0 Å². The van der Waals surface area contributed by atoms with E-state index in [9.17, 15) is 19.8 Å². The second kappa shape index (κ2) is 6.44. The number of esters is 2. The van der Waals surface area contributed by atoms with E-state index in [1.54, 1.807) is 0 Å². The molecule has 11 atom stereocenters. The van der Waals surface area contributed by atoms with Crippen LogP contribution in [0.25, 0.3) is 0 Å². The summed E-state index contributed by atoms with van der Waals surface area (Å²) in [6.07, 6.45) is 4.15. The van der Waals surface area contributed by atoms with Crippen LogP contribution in [0.5, 0.6) is 0 Å². The number of carbonyl (C=O) groups is 2. The summed E-state index contributed by atoms with van der Waals surface area (Å²) in [5.41, 5.74) is -1.57. The highest BCUT2D eigenvalue weighted by molar-refractivity contribution is 5.75. The zero-order chi connectivity index (χ0) is 21.6. The first-order chi connectivity index (χ1) is 14.0. The Labute approximate surface area is 178 Å². The summed E-state index contributed by atoms with van der Waals surface area (Å²) in [6.45, 7) is 7.90. The molecular formula is C24H36O6. The van der Waals surface area contributed by atoms with Crippen LogP contribution in [-0.4, -0.2) is 46.1 Å². The smallest absolute Gasteiger partial charge is 0.309 e. The number of ether oxygens (including phenoxy) is 2. The third-order valence-corrected chi connectivity index (χ3v) is 10.4. The molecule has 1 saturated heterocycles. The van der Waals surface area contributed by atoms with Gasteiger partial charge in [-0.25, -0.2) is 0 Å². The van der Waals surface area contributed by atoms with E-state index < -0.39 is 17.1 Å². The van der Waals surface area contributed by atoms with Gasteiger partial charge in [0.1, 0.15) is 12.2 Å². The normalized spacial score (nSPS) is 56.9. The molecule has 5 rings (SSSR count). The van der Waals surface area contributed by atoms with E-state index in [-0.39, 0.29) is 41.4 Å². The van der Waals surface area contributed by atoms with Gasteiger partial charge < -0.3 is 19.7 Å². The monoisotopic (exact) mass is 420 g/mol. The van der Waals surface area contributed by atoms with E-state index in [2.05, 4.69) is 13.8 Å². The zero-order valence-corrected chi connectivity index (χ0v) is 18.6. The summed E-state index contributed by atoms with van der Waals surface area (Å²) in [7, 11) is 0. The fraction of sp³-hybridized carbons (Fsp3) is 0.917. The molecule has 0 aromatic carbocycles. The lowest BCUT2D eigenvalue weighted by Gasteiger charge is -2.65. The molecule has 30 heavy (non-hydrogen) atoms. The number of aliphatic hydroxyl groups is 2. The molecule has 0 radical (unpaired) electrons. The number of hydrogen-bond acceptors (Lipinski definition) is 6. The van der Waals surface area contributed by atoms with Crippen LogP contribution < -0.4 is 0 Å². The average molecular weight is 421 g/mol. The maximum atomic E-state index is 12.2. The second-order valence-electron chi connectivity index (χ2n) is 11.5. The molecule has 168 valence electrons. The van der Waals surface area contributed by atoms with Crippen molar-refractivity contribution < 1.29 is 29.3 Å². The van der Waals surface area contributed by atoms with Crippen LogP contribution in [0, 0.1) is 40.4 Å². The minimum atomic E-state index is -1.23. The van der Waals surface area contributed by atoms with Gasteiger partial charge in [0, 0.05) is 24.7 Å². The lowest BCUT2D eigenvalue weighted by atomic mass is 9.42. The number of carbonyl (C=O) groups excluding carboxylic acids is 2. The van der Waals surface area contributed by atoms with Gasteiger partial charge in [0.15, 0.2) is 0 Å². The Kier molecular flexibility index (Phi) is 4.45. The number of fused-ring (bicyclic) bond motifs is 7. The maximum Gasteiger partial charge on any atom is 0.309 e. The predicted molar refractivity (Wildman–Crippen MR) is 108 cm³/mol. The van der Waals surface area contributed by atoms with Gasteiger partial charge >= 0.3 is 11.9 Å². The minimum absolute atomic E-state index is 0.00621. The molecule has 1 heterocycles. The van der Waals surface area contributed by atoms with Gasteiger partial charge in [0.05, 0.1) is 17.6 Å². The molecule has 4 saturated carbocycles. The summed E-state index contributed by atoms with van der Waals surface area (Å²) in [4.78, 5) is 23.7. The molecule has 0 bridgehead atoms. The summed E-state index contributed by atoms with van der Waals surface area (Å²) in [5, 5.41) is 23.0. The van der Waals surface area contributed by atoms with E-state index in [1.807, 2.05) is 6.92 Å². The summed E-state index contributed by atoms with van der Waals surface area (Å²) >= 11 is 0. The molecule has 5 fully saturated rings. The SMILES string of the molecule is CC(=O)O[C@H]1CC[C@]2(C)[C@H]3CC[C@]4(C)C5C(C[C@H]4[C@@H]3C[C@@H](O)[C@@]2(O)C1)OC(=O)C5C. The molecule has 0 amide bonds. The maximum absolute atomic E-state index is 12.2. The van der Waals surface area contributed by atoms with Crippen LogP contribution in [0.3, 0.4) is 0 Å². The van der Waals surface area contributed by atoms with Crippen molar-refractivity contribution in [3.8, 4) is 0 Å². The van der Waals surface area contributed by atoms with Crippen LogP contribution in [0.1, 0.15) is 72.6 Å². The fourth-order valence-electron chi connectivity index (χ4n) is 9.02. The van der Waals surface area contributed by atoms with Crippen molar-refractivity contribution in [3.05, 3.63) is 0 Å². The molecule has 1 aliphatic heterocycles. The third kappa shape index (κ3) is 2.49. The van der Waals surface area contributed by atoms with Crippen LogP contribution in [0.2, 0.25) is 0 Å². The third-order valence-electron chi connectivity index (χ3n) is 10.4. The predicted octanol–water partition coefficient (Wildman–Crippen LogP) is 2.83. The van der Waals surface area contributed by atoms with E-state index in [4.69, 9.17) is 9.47 Å². The molecular weight excluding hydrogens is 384 g/mol. The topological polar surface area (TPSA) is 93.1 Å². The standard InChI is InChI=1S/C24H36O6/c1-12-20-18(30-21(12)27)10-17-15-9-19(26)24(28)11-14(29-13(2)25)5-8-23(24,4)16(15)6-7-22(17,20)3/h12,14-20,26,28H,5-11H2,1-4H3/t12?,14-,15+,16-,17-,18?,19+,20?,22-,23+,24-/m0/s1. The van der Waals surface area contributed by atoms with Crippen molar-refractivity contribution >= 4 is 11.9 Å². The molecule has 6 heteroatoms. The van der Waals surface area contributed by atoms with Crippen molar-refractivity contribution in [2.24, 2.45) is 40.4 Å². The Bertz CT molecular complexity index is 767. The number of aliphatic hydroxyl groups excluding tert-OH is 1. The van der Waals surface area contributed by atoms with Gasteiger partial charge in [-0.3, -0.25) is 9.59 Å². The van der Waals surface area contributed by atoms with Crippen molar-refractivity contribution in [2.45, 2.75) is 96.6 Å². The molecule has 2 N–H and O–H groups in total. The van der Waals surface area contributed by atoms with Crippen LogP contribution in [0.4, 0.5) is 0 Å². The Hall–Kier alpha value is -1.14. The fourth-order valence-corrected chi connectivity index (χ4v) is 9.02. The summed E-state index contributed by atoms with van der Waals surface area (Å²) in [5.74, 6) is 0.885. The highest BCUT2D eigenvalue weighted by atomic mass is 16.6. The molecule has 0 aromatic rings. The second-order valence-corrected chi connectivity index (χ2v) is 11.5. The summed E-state index contributed by atoms with van der Waals surface area (Å²) < 4.78 is 11.2. The Morgan fingerprint density at radius 3 is 2.60 bits per heavy atom. The minimum Gasteiger partial charge on any atom is -0.462 e. The number of hydrogen-bond donors (Lipinski definition) is 2. The van der Waals surface area contributed by atoms with Gasteiger partial charge in [-0.2, -0.15) is 0 Å². The van der Waals surface area contributed by atoms with E-state index >= 15 is 0 Å².